The molecule has 18 heavy (non-hydrogen) atoms. The summed E-state index contributed by atoms with van der Waals surface area (Å²) in [5.41, 5.74) is 8.49. The number of halogens is 1. The molecule has 1 fully saturated rings. The number of hydrogen-bond acceptors (Lipinski definition) is 3. The lowest BCUT2D eigenvalue weighted by Gasteiger charge is -2.35. The minimum Gasteiger partial charge on any atom is -0.454 e. The number of nitrogens with two attached hydrogens (primary N) is 1. The van der Waals surface area contributed by atoms with Crippen LogP contribution in [0.25, 0.3) is 0 Å². The van der Waals surface area contributed by atoms with Crippen molar-refractivity contribution in [3.05, 3.63) is 22.2 Å². The lowest BCUT2D eigenvalue weighted by molar-refractivity contribution is 0.174. The van der Waals surface area contributed by atoms with Crippen LogP contribution in [0.5, 0.6) is 11.5 Å². The van der Waals surface area contributed by atoms with E-state index in [2.05, 4.69) is 0 Å². The molecule has 0 aromatic heterocycles. The van der Waals surface area contributed by atoms with Gasteiger partial charge in [-0.15, -0.1) is 0 Å². The van der Waals surface area contributed by atoms with E-state index in [4.69, 9.17) is 26.8 Å². The zero-order valence-corrected chi connectivity index (χ0v) is 11.3. The molecule has 2 N–H and O–H groups in total. The van der Waals surface area contributed by atoms with Gasteiger partial charge in [0.2, 0.25) is 6.79 Å². The molecule has 0 atom stereocenters. The van der Waals surface area contributed by atoms with Crippen LogP contribution in [-0.2, 0) is 5.54 Å². The molecular formula is C14H18ClNO2. The summed E-state index contributed by atoms with van der Waals surface area (Å²) in [5, 5.41) is 0.649. The molecular weight excluding hydrogens is 250 g/mol. The molecule has 3 rings (SSSR count). The molecule has 1 heterocycles. The van der Waals surface area contributed by atoms with Gasteiger partial charge in [-0.2, -0.15) is 0 Å². The van der Waals surface area contributed by atoms with Crippen molar-refractivity contribution in [3.8, 4) is 11.5 Å². The Kier molecular flexibility index (Phi) is 2.91. The van der Waals surface area contributed by atoms with Gasteiger partial charge in [0.25, 0.3) is 0 Å². The Labute approximate surface area is 112 Å². The van der Waals surface area contributed by atoms with Gasteiger partial charge in [-0.3, -0.25) is 0 Å². The van der Waals surface area contributed by atoms with E-state index >= 15 is 0 Å². The third-order valence-electron chi connectivity index (χ3n) is 4.13. The molecule has 0 unspecified atom stereocenters. The number of ether oxygens (including phenoxy) is 2. The van der Waals surface area contributed by atoms with Crippen LogP contribution in [0.3, 0.4) is 0 Å². The van der Waals surface area contributed by atoms with Crippen molar-refractivity contribution in [2.45, 2.75) is 44.6 Å². The van der Waals surface area contributed by atoms with E-state index < -0.39 is 0 Å². The van der Waals surface area contributed by atoms with Gasteiger partial charge in [-0.25, -0.2) is 0 Å². The molecule has 1 saturated carbocycles. The monoisotopic (exact) mass is 267 g/mol. The van der Waals surface area contributed by atoms with Crippen LogP contribution >= 0.6 is 11.6 Å². The summed E-state index contributed by atoms with van der Waals surface area (Å²) in [6.07, 6.45) is 5.67. The third-order valence-corrected chi connectivity index (χ3v) is 4.59. The maximum absolute atomic E-state index is 6.59. The summed E-state index contributed by atoms with van der Waals surface area (Å²) in [6.45, 7) is 2.26. The molecule has 3 nitrogen and oxygen atoms in total. The average molecular weight is 268 g/mol. The fourth-order valence-corrected chi connectivity index (χ4v) is 3.31. The van der Waals surface area contributed by atoms with Crippen LogP contribution in [0.2, 0.25) is 5.02 Å². The Morgan fingerprint density at radius 2 is 1.94 bits per heavy atom. The summed E-state index contributed by atoms with van der Waals surface area (Å²) in [7, 11) is 0. The fourth-order valence-electron chi connectivity index (χ4n) is 3.06. The second-order valence-electron chi connectivity index (χ2n) is 5.31. The van der Waals surface area contributed by atoms with E-state index in [9.17, 15) is 0 Å². The summed E-state index contributed by atoms with van der Waals surface area (Å²) >= 11 is 6.36. The second-order valence-corrected chi connectivity index (χ2v) is 5.69. The van der Waals surface area contributed by atoms with Crippen molar-refractivity contribution in [2.75, 3.05) is 6.79 Å². The topological polar surface area (TPSA) is 44.5 Å². The highest BCUT2D eigenvalue weighted by molar-refractivity contribution is 6.33. The Bertz CT molecular complexity index is 481. The highest BCUT2D eigenvalue weighted by Crippen LogP contribution is 2.47. The first-order valence-electron chi connectivity index (χ1n) is 6.50. The van der Waals surface area contributed by atoms with Gasteiger partial charge in [-0.1, -0.05) is 30.9 Å². The molecule has 0 bridgehead atoms. The maximum atomic E-state index is 6.59. The smallest absolute Gasteiger partial charge is 0.231 e. The summed E-state index contributed by atoms with van der Waals surface area (Å²) in [4.78, 5) is 0. The van der Waals surface area contributed by atoms with Gasteiger partial charge in [0.1, 0.15) is 0 Å². The Morgan fingerprint density at radius 1 is 1.22 bits per heavy atom. The van der Waals surface area contributed by atoms with Crippen molar-refractivity contribution in [2.24, 2.45) is 5.73 Å². The second kappa shape index (κ2) is 4.32. The van der Waals surface area contributed by atoms with Gasteiger partial charge in [0.05, 0.1) is 5.02 Å². The zero-order chi connectivity index (χ0) is 12.8. The van der Waals surface area contributed by atoms with Crippen LogP contribution in [0, 0.1) is 6.92 Å². The highest BCUT2D eigenvalue weighted by Gasteiger charge is 2.34. The van der Waals surface area contributed by atoms with E-state index in [0.29, 0.717) is 10.8 Å². The maximum Gasteiger partial charge on any atom is 0.231 e. The normalized spacial score (nSPS) is 21.1. The van der Waals surface area contributed by atoms with Gasteiger partial charge in [0.15, 0.2) is 11.5 Å². The highest BCUT2D eigenvalue weighted by atomic mass is 35.5. The summed E-state index contributed by atoms with van der Waals surface area (Å²) < 4.78 is 10.8. The molecule has 98 valence electrons. The van der Waals surface area contributed by atoms with Crippen LogP contribution in [0.1, 0.15) is 43.2 Å². The van der Waals surface area contributed by atoms with Crippen molar-refractivity contribution >= 4 is 11.6 Å². The van der Waals surface area contributed by atoms with Crippen molar-refractivity contribution in [1.29, 1.82) is 0 Å². The molecule has 1 aliphatic heterocycles. The van der Waals surface area contributed by atoms with Crippen LogP contribution in [-0.4, -0.2) is 6.79 Å². The largest absolute Gasteiger partial charge is 0.454 e. The minimum atomic E-state index is -0.257. The van der Waals surface area contributed by atoms with Crippen LogP contribution in [0.4, 0.5) is 0 Å². The number of fused-ring (bicyclic) bond motifs is 1. The van der Waals surface area contributed by atoms with E-state index in [1.54, 1.807) is 0 Å². The van der Waals surface area contributed by atoms with Crippen LogP contribution in [0.15, 0.2) is 6.07 Å². The molecule has 0 spiro atoms. The molecule has 2 aliphatic rings. The van der Waals surface area contributed by atoms with Crippen molar-refractivity contribution in [1.82, 2.24) is 0 Å². The molecule has 1 aromatic rings. The number of hydrogen-bond donors (Lipinski definition) is 1. The lowest BCUT2D eigenvalue weighted by Crippen LogP contribution is -2.39. The standard InChI is InChI=1S/C14H18ClNO2/c1-9-10(14(16)5-3-2-4-6-14)7-11-13(12(9)15)18-8-17-11/h7H,2-6,8,16H2,1H3. The van der Waals surface area contributed by atoms with Crippen molar-refractivity contribution in [3.63, 3.8) is 0 Å². The Balaban J connectivity index is 2.09. The number of benzene rings is 1. The summed E-state index contributed by atoms with van der Waals surface area (Å²) in [6, 6.07) is 2.02. The molecule has 0 radical (unpaired) electrons. The SMILES string of the molecule is Cc1c(C2(N)CCCCC2)cc2c(c1Cl)OCO2. The molecule has 1 aromatic carbocycles. The van der Waals surface area contributed by atoms with Gasteiger partial charge < -0.3 is 15.2 Å². The van der Waals surface area contributed by atoms with E-state index in [1.807, 2.05) is 13.0 Å². The predicted molar refractivity (Wildman–Crippen MR) is 71.3 cm³/mol. The Hall–Kier alpha value is -0.930. The predicted octanol–water partition coefficient (Wildman–Crippen LogP) is 3.50. The van der Waals surface area contributed by atoms with Gasteiger partial charge in [0, 0.05) is 5.54 Å². The van der Waals surface area contributed by atoms with E-state index in [1.165, 1.54) is 19.3 Å². The summed E-state index contributed by atoms with van der Waals surface area (Å²) in [5.74, 6) is 1.40. The first kappa shape index (κ1) is 12.1. The lowest BCUT2D eigenvalue weighted by atomic mass is 9.76. The first-order valence-corrected chi connectivity index (χ1v) is 6.88. The fraction of sp³-hybridized carbons (Fsp3) is 0.571. The molecule has 1 aliphatic carbocycles. The molecule has 0 saturated heterocycles. The third kappa shape index (κ3) is 1.77. The van der Waals surface area contributed by atoms with Crippen LogP contribution < -0.4 is 15.2 Å². The molecule has 4 heteroatoms. The number of rotatable bonds is 1. The van der Waals surface area contributed by atoms with E-state index in [0.717, 1.165) is 29.7 Å². The molecule has 0 amide bonds. The van der Waals surface area contributed by atoms with Gasteiger partial charge >= 0.3 is 0 Å². The van der Waals surface area contributed by atoms with Gasteiger partial charge in [-0.05, 0) is 37.0 Å². The average Bonchev–Trinajstić information content (AvgIpc) is 2.83. The quantitative estimate of drug-likeness (QED) is 0.847. The first-order chi connectivity index (χ1) is 8.62. The van der Waals surface area contributed by atoms with E-state index in [-0.39, 0.29) is 12.3 Å². The minimum absolute atomic E-state index is 0.246. The Morgan fingerprint density at radius 3 is 2.67 bits per heavy atom. The van der Waals surface area contributed by atoms with Crippen molar-refractivity contribution < 1.29 is 9.47 Å². The zero-order valence-electron chi connectivity index (χ0n) is 10.6.